The van der Waals surface area contributed by atoms with Crippen LogP contribution >= 0.6 is 0 Å². The second kappa shape index (κ2) is 15.5. The summed E-state index contributed by atoms with van der Waals surface area (Å²) in [5.74, 6) is 0.490. The quantitative estimate of drug-likeness (QED) is 0.0984. The van der Waals surface area contributed by atoms with Gasteiger partial charge in [-0.2, -0.15) is 0 Å². The van der Waals surface area contributed by atoms with Crippen molar-refractivity contribution in [1.29, 1.82) is 0 Å². The Bertz CT molecular complexity index is 1620. The number of carbonyl (C=O) groups is 2. The van der Waals surface area contributed by atoms with E-state index in [1.165, 1.54) is 0 Å². The second-order valence-corrected chi connectivity index (χ2v) is 11.8. The van der Waals surface area contributed by atoms with Crippen molar-refractivity contribution in [1.82, 2.24) is 9.13 Å². The molecule has 12 heteroatoms. The highest BCUT2D eigenvalue weighted by Gasteiger charge is 2.21. The number of hydrogen-bond donors (Lipinski definition) is 2. The summed E-state index contributed by atoms with van der Waals surface area (Å²) in [7, 11) is 3.13. The Labute approximate surface area is 268 Å². The molecular formula is C34H44N6O6. The molecule has 0 bridgehead atoms. The first kappa shape index (κ1) is 34.1. The van der Waals surface area contributed by atoms with Crippen LogP contribution in [-0.4, -0.2) is 45.4 Å². The van der Waals surface area contributed by atoms with Gasteiger partial charge in [0.25, 0.3) is 11.8 Å². The van der Waals surface area contributed by atoms with E-state index in [-0.39, 0.29) is 59.9 Å². The van der Waals surface area contributed by atoms with E-state index in [1.807, 2.05) is 52.0 Å². The molecule has 0 radical (unpaired) electrons. The van der Waals surface area contributed by atoms with E-state index in [4.69, 9.17) is 9.47 Å². The molecule has 0 aliphatic carbocycles. The fraction of sp³-hybridized carbons (Fsp3) is 0.471. The standard InChI is InChI=1S/C34H44N6O6/c1-21(2)39-27-17-15-23(45-5)19-25(27)31(33(39)43)37-35-29(41)13-11-9-7-8-10-12-14-30(42)36-38-32-26-20-24(46-6)16-18-28(26)40(22(3)4)34(32)44/h15-22,43-44H,7-14H2,1-6H3. The summed E-state index contributed by atoms with van der Waals surface area (Å²) in [4.78, 5) is 24.8. The maximum Gasteiger partial charge on any atom is 0.264 e. The van der Waals surface area contributed by atoms with Gasteiger partial charge in [0, 0.05) is 35.7 Å². The van der Waals surface area contributed by atoms with Crippen LogP contribution in [0.15, 0.2) is 56.9 Å². The maximum atomic E-state index is 12.4. The first-order valence-corrected chi connectivity index (χ1v) is 15.8. The molecule has 2 heterocycles. The number of aromatic nitrogens is 2. The first-order valence-electron chi connectivity index (χ1n) is 15.8. The highest BCUT2D eigenvalue weighted by Crippen LogP contribution is 2.43. The zero-order valence-corrected chi connectivity index (χ0v) is 27.5. The minimum Gasteiger partial charge on any atom is -0.497 e. The third-order valence-electron chi connectivity index (χ3n) is 7.90. The first-order chi connectivity index (χ1) is 22.1. The van der Waals surface area contributed by atoms with E-state index in [0.717, 1.165) is 36.7 Å². The van der Waals surface area contributed by atoms with Crippen molar-refractivity contribution in [2.75, 3.05) is 14.2 Å². The molecule has 0 saturated heterocycles. The molecule has 0 fully saturated rings. The number of aromatic hydroxyl groups is 2. The van der Waals surface area contributed by atoms with Gasteiger partial charge in [-0.05, 0) is 76.9 Å². The Morgan fingerprint density at radius 1 is 0.652 bits per heavy atom. The van der Waals surface area contributed by atoms with Crippen molar-refractivity contribution in [3.63, 3.8) is 0 Å². The van der Waals surface area contributed by atoms with Crippen molar-refractivity contribution in [3.8, 4) is 23.3 Å². The van der Waals surface area contributed by atoms with Gasteiger partial charge in [0.2, 0.25) is 11.8 Å². The number of rotatable bonds is 15. The highest BCUT2D eigenvalue weighted by atomic mass is 16.5. The van der Waals surface area contributed by atoms with E-state index in [2.05, 4.69) is 20.5 Å². The second-order valence-electron chi connectivity index (χ2n) is 11.8. The minimum absolute atomic E-state index is 0.0126. The minimum atomic E-state index is -0.343. The van der Waals surface area contributed by atoms with Crippen LogP contribution in [0, 0.1) is 0 Å². The summed E-state index contributed by atoms with van der Waals surface area (Å²) < 4.78 is 14.1. The van der Waals surface area contributed by atoms with Crippen LogP contribution in [0.25, 0.3) is 21.8 Å². The Kier molecular flexibility index (Phi) is 11.5. The van der Waals surface area contributed by atoms with Gasteiger partial charge in [-0.15, -0.1) is 20.5 Å². The molecule has 246 valence electrons. The van der Waals surface area contributed by atoms with Crippen LogP contribution in [0.5, 0.6) is 23.3 Å². The van der Waals surface area contributed by atoms with E-state index in [9.17, 15) is 19.8 Å². The van der Waals surface area contributed by atoms with Crippen LogP contribution in [0.3, 0.4) is 0 Å². The molecule has 12 nitrogen and oxygen atoms in total. The topological polar surface area (TPSA) is 152 Å². The number of benzene rings is 2. The predicted octanol–water partition coefficient (Wildman–Crippen LogP) is 9.23. The lowest BCUT2D eigenvalue weighted by Crippen LogP contribution is -1.99. The average molecular weight is 633 g/mol. The van der Waals surface area contributed by atoms with Crippen LogP contribution in [-0.2, 0) is 9.59 Å². The summed E-state index contributed by atoms with van der Waals surface area (Å²) in [6.07, 6.45) is 5.44. The van der Waals surface area contributed by atoms with Crippen LogP contribution in [0.4, 0.5) is 11.4 Å². The molecule has 0 aliphatic rings. The molecule has 0 spiro atoms. The molecule has 0 aliphatic heterocycles. The summed E-state index contributed by atoms with van der Waals surface area (Å²) >= 11 is 0. The van der Waals surface area contributed by atoms with Crippen LogP contribution < -0.4 is 9.47 Å². The Morgan fingerprint density at radius 3 is 1.37 bits per heavy atom. The summed E-state index contributed by atoms with van der Waals surface area (Å²) in [6.45, 7) is 7.82. The van der Waals surface area contributed by atoms with Gasteiger partial charge in [0.05, 0.1) is 25.3 Å². The molecule has 2 aromatic carbocycles. The summed E-state index contributed by atoms with van der Waals surface area (Å²) in [5.41, 5.74) is 2.08. The van der Waals surface area contributed by atoms with E-state index in [1.54, 1.807) is 35.5 Å². The fourth-order valence-electron chi connectivity index (χ4n) is 5.59. The lowest BCUT2D eigenvalue weighted by atomic mass is 10.1. The lowest BCUT2D eigenvalue weighted by Gasteiger charge is -2.10. The van der Waals surface area contributed by atoms with Crippen LogP contribution in [0.1, 0.15) is 91.1 Å². The van der Waals surface area contributed by atoms with Crippen molar-refractivity contribution in [2.24, 2.45) is 20.5 Å². The average Bonchev–Trinajstić information content (AvgIpc) is 3.47. The molecule has 2 N–H and O–H groups in total. The SMILES string of the molecule is COc1ccc2c(c1)c(N=NC(=O)CCCCCCCCC(=O)N=Nc1c(O)n(C(C)C)c3ccc(OC)cc13)c(O)n2C(C)C. The number of azo groups is 2. The van der Waals surface area contributed by atoms with Crippen molar-refractivity contribution in [2.45, 2.75) is 91.1 Å². The molecule has 4 rings (SSSR count). The smallest absolute Gasteiger partial charge is 0.264 e. The monoisotopic (exact) mass is 632 g/mol. The molecule has 4 aromatic rings. The molecule has 2 amide bonds. The Hall–Kier alpha value is -4.74. The number of nitrogens with zero attached hydrogens (tertiary/aromatic N) is 6. The number of methoxy groups -OCH3 is 2. The molecule has 0 saturated carbocycles. The Morgan fingerprint density at radius 2 is 1.02 bits per heavy atom. The van der Waals surface area contributed by atoms with Gasteiger partial charge in [-0.1, -0.05) is 25.7 Å². The van der Waals surface area contributed by atoms with Gasteiger partial charge in [0.15, 0.2) is 11.4 Å². The molecule has 0 unspecified atom stereocenters. The summed E-state index contributed by atoms with van der Waals surface area (Å²) in [6, 6.07) is 10.9. The van der Waals surface area contributed by atoms with Gasteiger partial charge in [-0.25, -0.2) is 0 Å². The number of hydrogen-bond acceptors (Lipinski definition) is 8. The van der Waals surface area contributed by atoms with Gasteiger partial charge >= 0.3 is 0 Å². The fourth-order valence-corrected chi connectivity index (χ4v) is 5.59. The number of amides is 2. The van der Waals surface area contributed by atoms with E-state index in [0.29, 0.717) is 35.1 Å². The normalized spacial score (nSPS) is 12.1. The number of ether oxygens (including phenoxy) is 2. The van der Waals surface area contributed by atoms with Gasteiger partial charge in [0.1, 0.15) is 11.5 Å². The van der Waals surface area contributed by atoms with Gasteiger partial charge < -0.3 is 28.8 Å². The zero-order chi connectivity index (χ0) is 33.4. The lowest BCUT2D eigenvalue weighted by molar-refractivity contribution is -0.119. The third kappa shape index (κ3) is 7.72. The number of fused-ring (bicyclic) bond motifs is 2. The molecule has 2 aromatic heterocycles. The number of unbranched alkanes of at least 4 members (excludes halogenated alkanes) is 5. The number of carbonyl (C=O) groups excluding carboxylic acids is 2. The summed E-state index contributed by atoms with van der Waals surface area (Å²) in [5, 5.41) is 38.9. The van der Waals surface area contributed by atoms with Crippen molar-refractivity contribution < 1.29 is 29.3 Å². The molecular weight excluding hydrogens is 588 g/mol. The third-order valence-corrected chi connectivity index (χ3v) is 7.90. The van der Waals surface area contributed by atoms with Crippen molar-refractivity contribution in [3.05, 3.63) is 36.4 Å². The predicted molar refractivity (Wildman–Crippen MR) is 177 cm³/mol. The molecule has 0 atom stereocenters. The van der Waals surface area contributed by atoms with E-state index < -0.39 is 0 Å². The van der Waals surface area contributed by atoms with Gasteiger partial charge in [-0.3, -0.25) is 9.59 Å². The zero-order valence-electron chi connectivity index (χ0n) is 27.5. The Balaban J connectivity index is 1.20. The van der Waals surface area contributed by atoms with E-state index >= 15 is 0 Å². The maximum absolute atomic E-state index is 12.4. The molecule has 46 heavy (non-hydrogen) atoms. The van der Waals surface area contributed by atoms with Crippen LogP contribution in [0.2, 0.25) is 0 Å². The largest absolute Gasteiger partial charge is 0.497 e. The van der Waals surface area contributed by atoms with Crippen molar-refractivity contribution >= 4 is 45.0 Å². The highest BCUT2D eigenvalue weighted by molar-refractivity contribution is 5.97.